The Morgan fingerprint density at radius 1 is 1.43 bits per heavy atom. The average molecular weight is 338 g/mol. The summed E-state index contributed by atoms with van der Waals surface area (Å²) in [5.41, 5.74) is 0. The molecule has 0 amide bonds. The molecule has 21 heavy (non-hydrogen) atoms. The molecule has 0 N–H and O–H groups in total. The van der Waals surface area contributed by atoms with E-state index in [1.807, 2.05) is 25.9 Å². The van der Waals surface area contributed by atoms with Crippen molar-refractivity contribution < 1.29 is 22.8 Å². The molecule has 1 fully saturated rings. The third kappa shape index (κ3) is 7.12. The minimum Gasteiger partial charge on any atom is -0.464 e. The number of rotatable bonds is 11. The summed E-state index contributed by atoms with van der Waals surface area (Å²) >= 11 is 1.76. The molecule has 1 aliphatic heterocycles. The highest BCUT2D eigenvalue weighted by Crippen LogP contribution is 2.25. The average Bonchev–Trinajstić information content (AvgIpc) is 2.40. The first-order valence-corrected chi connectivity index (χ1v) is 10.3. The summed E-state index contributed by atoms with van der Waals surface area (Å²) in [4.78, 5) is 13.7. The maximum atomic E-state index is 11.7. The van der Waals surface area contributed by atoms with Crippen molar-refractivity contribution in [1.29, 1.82) is 0 Å². The van der Waals surface area contributed by atoms with Crippen molar-refractivity contribution in [3.8, 4) is 0 Å². The molecule has 0 saturated carbocycles. The molecular weight excluding hydrogens is 310 g/mol. The lowest BCUT2D eigenvalue weighted by molar-refractivity contribution is -0.147. The summed E-state index contributed by atoms with van der Waals surface area (Å²) < 4.78 is 21.3. The monoisotopic (exact) mass is 337 g/mol. The number of nitrogens with zero attached hydrogens (tertiary/aromatic N) is 1. The van der Waals surface area contributed by atoms with Gasteiger partial charge in [-0.25, -0.2) is 0 Å². The number of hydrogen-bond donors (Lipinski definition) is 0. The smallest absolute Gasteiger partial charge is 0.464 e. The molecule has 1 rings (SSSR count). The predicted molar refractivity (Wildman–Crippen MR) is 85.2 cm³/mol. The molecule has 0 aromatic carbocycles. The summed E-state index contributed by atoms with van der Waals surface area (Å²) in [7, 11) is 3.30. The number of esters is 1. The van der Waals surface area contributed by atoms with Crippen LogP contribution in [0.3, 0.4) is 0 Å². The van der Waals surface area contributed by atoms with Crippen molar-refractivity contribution in [1.82, 2.24) is 4.90 Å². The summed E-state index contributed by atoms with van der Waals surface area (Å²) in [5, 5.41) is 0. The molecule has 6 nitrogen and oxygen atoms in total. The highest BCUT2D eigenvalue weighted by molar-refractivity contribution is 7.99. The van der Waals surface area contributed by atoms with E-state index in [4.69, 9.17) is 18.0 Å². The Hall–Kier alpha value is -0.123. The molecular formula is C13H27NO5SSi. The largest absolute Gasteiger partial charge is 0.504 e. The van der Waals surface area contributed by atoms with Crippen LogP contribution in [0.1, 0.15) is 13.3 Å². The maximum absolute atomic E-state index is 11.7. The Morgan fingerprint density at radius 3 is 2.67 bits per heavy atom. The van der Waals surface area contributed by atoms with Gasteiger partial charge in [-0.15, -0.1) is 0 Å². The van der Waals surface area contributed by atoms with Crippen LogP contribution in [0.5, 0.6) is 0 Å². The number of hydrogen-bond acceptors (Lipinski definition) is 7. The van der Waals surface area contributed by atoms with E-state index in [-0.39, 0.29) is 11.9 Å². The van der Waals surface area contributed by atoms with E-state index in [0.29, 0.717) is 13.4 Å². The van der Waals surface area contributed by atoms with Crippen LogP contribution in [-0.2, 0) is 22.8 Å². The molecule has 0 radical (unpaired) electrons. The lowest BCUT2D eigenvalue weighted by Crippen LogP contribution is -2.54. The van der Waals surface area contributed by atoms with Crippen LogP contribution < -0.4 is 0 Å². The van der Waals surface area contributed by atoms with E-state index in [9.17, 15) is 4.79 Å². The SMILES string of the molecule is CO[Si]1(CCCSCC(C)C(=O)OCCN(C)C)OCO1. The van der Waals surface area contributed by atoms with E-state index >= 15 is 0 Å². The molecule has 0 aromatic rings. The van der Waals surface area contributed by atoms with Crippen LogP contribution in [0.25, 0.3) is 0 Å². The van der Waals surface area contributed by atoms with Gasteiger partial charge in [-0.1, -0.05) is 6.92 Å². The first-order valence-electron chi connectivity index (χ1n) is 7.21. The lowest BCUT2D eigenvalue weighted by atomic mass is 10.2. The van der Waals surface area contributed by atoms with Crippen molar-refractivity contribution >= 4 is 26.5 Å². The number of carbonyl (C=O) groups excluding carboxylic acids is 1. The van der Waals surface area contributed by atoms with E-state index in [0.717, 1.165) is 30.5 Å². The van der Waals surface area contributed by atoms with Gasteiger partial charge in [0.25, 0.3) is 0 Å². The number of carbonyl (C=O) groups is 1. The van der Waals surface area contributed by atoms with Gasteiger partial charge < -0.3 is 22.9 Å². The standard InChI is InChI=1S/C13H27NO5SSi/c1-12(13(15)17-7-6-14(2)3)10-20-8-5-9-21(16-4)18-11-19-21/h12H,5-11H2,1-4H3. The zero-order valence-corrected chi connectivity index (χ0v) is 15.2. The zero-order chi connectivity index (χ0) is 15.7. The van der Waals surface area contributed by atoms with Crippen LogP contribution in [0, 0.1) is 5.92 Å². The molecule has 1 aliphatic rings. The first-order chi connectivity index (χ1) is 9.99. The number of thioether (sulfide) groups is 1. The summed E-state index contributed by atoms with van der Waals surface area (Å²) in [6.45, 7) is 3.49. The molecule has 8 heteroatoms. The van der Waals surface area contributed by atoms with Crippen molar-refractivity contribution in [2.75, 3.05) is 52.7 Å². The van der Waals surface area contributed by atoms with Crippen LogP contribution >= 0.6 is 11.8 Å². The van der Waals surface area contributed by atoms with Gasteiger partial charge >= 0.3 is 14.8 Å². The van der Waals surface area contributed by atoms with Gasteiger partial charge in [-0.2, -0.15) is 11.8 Å². The van der Waals surface area contributed by atoms with Crippen molar-refractivity contribution in [3.05, 3.63) is 0 Å². The van der Waals surface area contributed by atoms with Crippen LogP contribution in [0.2, 0.25) is 6.04 Å². The van der Waals surface area contributed by atoms with Crippen molar-refractivity contribution in [2.45, 2.75) is 19.4 Å². The topological polar surface area (TPSA) is 57.2 Å². The third-order valence-electron chi connectivity index (χ3n) is 3.19. The lowest BCUT2D eigenvalue weighted by Gasteiger charge is -2.35. The first kappa shape index (κ1) is 18.9. The Kier molecular flexibility index (Phi) is 8.84. The van der Waals surface area contributed by atoms with Crippen LogP contribution in [-0.4, -0.2) is 72.3 Å². The van der Waals surface area contributed by atoms with Gasteiger partial charge in [-0.05, 0) is 26.3 Å². The third-order valence-corrected chi connectivity index (χ3v) is 7.21. The Balaban J connectivity index is 2.02. The minimum absolute atomic E-state index is 0.0676. The number of ether oxygens (including phenoxy) is 1. The molecule has 1 unspecified atom stereocenters. The van der Waals surface area contributed by atoms with E-state index in [2.05, 4.69) is 0 Å². The Labute approximate surface area is 132 Å². The number of likely N-dealkylation sites (N-methyl/N-ethyl adjacent to an activating group) is 1. The fraction of sp³-hybridized carbons (Fsp3) is 0.923. The molecule has 1 heterocycles. The second-order valence-electron chi connectivity index (χ2n) is 5.34. The minimum atomic E-state index is -2.25. The highest BCUT2D eigenvalue weighted by atomic mass is 32.2. The molecule has 0 aliphatic carbocycles. The quantitative estimate of drug-likeness (QED) is 0.321. The second kappa shape index (κ2) is 9.81. The van der Waals surface area contributed by atoms with E-state index < -0.39 is 8.80 Å². The fourth-order valence-electron chi connectivity index (χ4n) is 1.74. The molecule has 0 bridgehead atoms. The molecule has 1 atom stereocenters. The van der Waals surface area contributed by atoms with Crippen LogP contribution in [0.4, 0.5) is 0 Å². The van der Waals surface area contributed by atoms with Gasteiger partial charge in [0.2, 0.25) is 0 Å². The predicted octanol–water partition coefficient (Wildman–Crippen LogP) is 1.44. The molecule has 1 saturated heterocycles. The zero-order valence-electron chi connectivity index (χ0n) is 13.4. The molecule has 0 aromatic heterocycles. The van der Waals surface area contributed by atoms with Gasteiger partial charge in [0.05, 0.1) is 5.92 Å². The van der Waals surface area contributed by atoms with Gasteiger partial charge in [0, 0.05) is 25.5 Å². The van der Waals surface area contributed by atoms with Crippen molar-refractivity contribution in [3.63, 3.8) is 0 Å². The second-order valence-corrected chi connectivity index (χ2v) is 9.35. The van der Waals surface area contributed by atoms with Gasteiger partial charge in [0.1, 0.15) is 13.4 Å². The van der Waals surface area contributed by atoms with E-state index in [1.54, 1.807) is 18.9 Å². The van der Waals surface area contributed by atoms with Crippen molar-refractivity contribution in [2.24, 2.45) is 5.92 Å². The Bertz CT molecular complexity index is 309. The van der Waals surface area contributed by atoms with Crippen LogP contribution in [0.15, 0.2) is 0 Å². The summed E-state index contributed by atoms with van der Waals surface area (Å²) in [5.74, 6) is 1.57. The van der Waals surface area contributed by atoms with Gasteiger partial charge in [-0.3, -0.25) is 4.79 Å². The summed E-state index contributed by atoms with van der Waals surface area (Å²) in [6, 6.07) is 0.845. The molecule has 124 valence electrons. The summed E-state index contributed by atoms with van der Waals surface area (Å²) in [6.07, 6.45) is 0.979. The highest BCUT2D eigenvalue weighted by Gasteiger charge is 2.46. The van der Waals surface area contributed by atoms with E-state index in [1.165, 1.54) is 0 Å². The van der Waals surface area contributed by atoms with Gasteiger partial charge in [0.15, 0.2) is 0 Å². The maximum Gasteiger partial charge on any atom is 0.504 e. The fourth-order valence-corrected chi connectivity index (χ4v) is 4.72. The normalized spacial score (nSPS) is 18.3. The Morgan fingerprint density at radius 2 is 2.14 bits per heavy atom. The molecule has 0 spiro atoms.